The number of halogens is 3. The van der Waals surface area contributed by atoms with Gasteiger partial charge in [-0.25, -0.2) is 8.42 Å². The van der Waals surface area contributed by atoms with Crippen molar-refractivity contribution in [2.24, 2.45) is 0 Å². The monoisotopic (exact) mass is 478 g/mol. The summed E-state index contributed by atoms with van der Waals surface area (Å²) >= 11 is 17.9. The van der Waals surface area contributed by atoms with Crippen molar-refractivity contribution < 1.29 is 22.7 Å². The minimum atomic E-state index is -3.81. The number of nitrogens with zero attached hydrogens (tertiary/aromatic N) is 1. The first-order valence-electron chi connectivity index (χ1n) is 8.52. The molecule has 1 aliphatic heterocycles. The molecule has 156 valence electrons. The van der Waals surface area contributed by atoms with Gasteiger partial charge in [0.1, 0.15) is 10.6 Å². The number of benzene rings is 2. The van der Waals surface area contributed by atoms with Crippen molar-refractivity contribution in [3.05, 3.63) is 51.5 Å². The van der Waals surface area contributed by atoms with Crippen molar-refractivity contribution in [3.8, 4) is 5.75 Å². The molecular formula is C18H17Cl3N2O5S. The topological polar surface area (TPSA) is 84.9 Å². The van der Waals surface area contributed by atoms with Crippen LogP contribution < -0.4 is 10.1 Å². The molecule has 2 aromatic carbocycles. The summed E-state index contributed by atoms with van der Waals surface area (Å²) in [5.41, 5.74) is 0.277. The van der Waals surface area contributed by atoms with Gasteiger partial charge < -0.3 is 14.8 Å². The molecule has 1 N–H and O–H groups in total. The maximum absolute atomic E-state index is 12.8. The minimum Gasteiger partial charge on any atom is -0.484 e. The van der Waals surface area contributed by atoms with Crippen LogP contribution in [-0.4, -0.2) is 51.5 Å². The summed E-state index contributed by atoms with van der Waals surface area (Å²) in [6.45, 7) is 0.803. The lowest BCUT2D eigenvalue weighted by molar-refractivity contribution is -0.118. The molecule has 29 heavy (non-hydrogen) atoms. The molecule has 1 aliphatic rings. The quantitative estimate of drug-likeness (QED) is 0.683. The van der Waals surface area contributed by atoms with Crippen molar-refractivity contribution >= 4 is 56.4 Å². The zero-order chi connectivity index (χ0) is 21.0. The molecule has 0 radical (unpaired) electrons. The Kier molecular flexibility index (Phi) is 7.26. The maximum atomic E-state index is 12.8. The molecule has 1 amide bonds. The normalized spacial score (nSPS) is 15.1. The second-order valence-electron chi connectivity index (χ2n) is 6.10. The van der Waals surface area contributed by atoms with Crippen LogP contribution in [0.15, 0.2) is 41.3 Å². The van der Waals surface area contributed by atoms with E-state index in [1.807, 2.05) is 0 Å². The number of carbonyl (C=O) groups is 1. The van der Waals surface area contributed by atoms with Gasteiger partial charge in [0.05, 0.1) is 18.2 Å². The molecule has 0 aliphatic carbocycles. The molecule has 0 atom stereocenters. The molecule has 2 aromatic rings. The van der Waals surface area contributed by atoms with Gasteiger partial charge in [-0.1, -0.05) is 34.8 Å². The van der Waals surface area contributed by atoms with Crippen LogP contribution >= 0.6 is 34.8 Å². The van der Waals surface area contributed by atoms with E-state index in [1.165, 1.54) is 34.6 Å². The fourth-order valence-electron chi connectivity index (χ4n) is 2.66. The standard InChI is InChI=1S/C18H17Cl3N2O5S/c19-12-7-13(20)9-15(8-12)28-11-18(24)22-14-1-2-16(21)17(10-14)29(25,26)23-3-5-27-6-4-23/h1-2,7-10H,3-6,11H2,(H,22,24). The highest BCUT2D eigenvalue weighted by Crippen LogP contribution is 2.28. The van der Waals surface area contributed by atoms with Crippen molar-refractivity contribution in [2.75, 3.05) is 38.2 Å². The summed E-state index contributed by atoms with van der Waals surface area (Å²) in [7, 11) is -3.81. The molecule has 11 heteroatoms. The van der Waals surface area contributed by atoms with E-state index in [2.05, 4.69) is 5.32 Å². The highest BCUT2D eigenvalue weighted by atomic mass is 35.5. The van der Waals surface area contributed by atoms with Crippen molar-refractivity contribution in [1.82, 2.24) is 4.31 Å². The van der Waals surface area contributed by atoms with E-state index in [4.69, 9.17) is 44.3 Å². The summed E-state index contributed by atoms with van der Waals surface area (Å²) in [6, 6.07) is 8.84. The number of rotatable bonds is 6. The van der Waals surface area contributed by atoms with Crippen LogP contribution in [0.4, 0.5) is 5.69 Å². The molecule has 0 saturated carbocycles. The lowest BCUT2D eigenvalue weighted by atomic mass is 10.3. The SMILES string of the molecule is O=C(COc1cc(Cl)cc(Cl)c1)Nc1ccc(Cl)c(S(=O)(=O)N2CCOCC2)c1. The Bertz CT molecular complexity index is 990. The Morgan fingerprint density at radius 3 is 2.38 bits per heavy atom. The van der Waals surface area contributed by atoms with E-state index in [0.717, 1.165) is 0 Å². The van der Waals surface area contributed by atoms with Gasteiger partial charge >= 0.3 is 0 Å². The zero-order valence-electron chi connectivity index (χ0n) is 15.0. The Balaban J connectivity index is 1.69. The van der Waals surface area contributed by atoms with E-state index in [0.29, 0.717) is 29.0 Å². The zero-order valence-corrected chi connectivity index (χ0v) is 18.1. The van der Waals surface area contributed by atoms with Crippen LogP contribution in [0.3, 0.4) is 0 Å². The number of morpholine rings is 1. The third kappa shape index (κ3) is 5.75. The summed E-state index contributed by atoms with van der Waals surface area (Å²) in [5, 5.41) is 3.41. The highest BCUT2D eigenvalue weighted by molar-refractivity contribution is 7.89. The predicted octanol–water partition coefficient (Wildman–Crippen LogP) is 3.69. The fraction of sp³-hybridized carbons (Fsp3) is 0.278. The van der Waals surface area contributed by atoms with Crippen LogP contribution in [-0.2, 0) is 19.6 Å². The van der Waals surface area contributed by atoms with Crippen LogP contribution in [0.1, 0.15) is 0 Å². The summed E-state index contributed by atoms with van der Waals surface area (Å²) < 4.78 is 37.5. The summed E-state index contributed by atoms with van der Waals surface area (Å²) in [5.74, 6) is -0.150. The fourth-order valence-corrected chi connectivity index (χ4v) is 5.08. The van der Waals surface area contributed by atoms with Gasteiger partial charge in [-0.15, -0.1) is 0 Å². The molecule has 0 spiro atoms. The molecule has 0 unspecified atom stereocenters. The Morgan fingerprint density at radius 2 is 1.72 bits per heavy atom. The lowest BCUT2D eigenvalue weighted by Crippen LogP contribution is -2.40. The van der Waals surface area contributed by atoms with Gasteiger partial charge in [0, 0.05) is 28.8 Å². The van der Waals surface area contributed by atoms with Crippen LogP contribution in [0, 0.1) is 0 Å². The average Bonchev–Trinajstić information content (AvgIpc) is 2.68. The first-order valence-corrected chi connectivity index (χ1v) is 11.1. The molecule has 1 saturated heterocycles. The molecule has 1 heterocycles. The van der Waals surface area contributed by atoms with Crippen LogP contribution in [0.2, 0.25) is 15.1 Å². The number of carbonyl (C=O) groups excluding carboxylic acids is 1. The molecule has 0 aromatic heterocycles. The highest BCUT2D eigenvalue weighted by Gasteiger charge is 2.28. The number of hydrogen-bond donors (Lipinski definition) is 1. The van der Waals surface area contributed by atoms with Gasteiger partial charge in [0.15, 0.2) is 6.61 Å². The predicted molar refractivity (Wildman–Crippen MR) is 112 cm³/mol. The van der Waals surface area contributed by atoms with Gasteiger partial charge in [-0.2, -0.15) is 4.31 Å². The molecule has 0 bridgehead atoms. The number of amides is 1. The number of anilines is 1. The number of hydrogen-bond acceptors (Lipinski definition) is 5. The smallest absolute Gasteiger partial charge is 0.262 e. The maximum Gasteiger partial charge on any atom is 0.262 e. The molecule has 3 rings (SSSR count). The summed E-state index contributed by atoms with van der Waals surface area (Å²) in [6.07, 6.45) is 0. The third-order valence-corrected chi connectivity index (χ3v) is 6.83. The largest absolute Gasteiger partial charge is 0.484 e. The van der Waals surface area contributed by atoms with E-state index in [1.54, 1.807) is 6.07 Å². The Hall–Kier alpha value is -1.55. The van der Waals surface area contributed by atoms with Crippen LogP contribution in [0.5, 0.6) is 5.75 Å². The number of sulfonamides is 1. The Labute approximate surface area is 183 Å². The van der Waals surface area contributed by atoms with Crippen molar-refractivity contribution in [2.45, 2.75) is 4.90 Å². The Morgan fingerprint density at radius 1 is 1.07 bits per heavy atom. The van der Waals surface area contributed by atoms with E-state index in [9.17, 15) is 13.2 Å². The van der Waals surface area contributed by atoms with E-state index < -0.39 is 15.9 Å². The average molecular weight is 480 g/mol. The molecule has 7 nitrogen and oxygen atoms in total. The van der Waals surface area contributed by atoms with Crippen molar-refractivity contribution in [1.29, 1.82) is 0 Å². The molecular weight excluding hydrogens is 463 g/mol. The summed E-state index contributed by atoms with van der Waals surface area (Å²) in [4.78, 5) is 12.1. The first kappa shape index (κ1) is 22.1. The van der Waals surface area contributed by atoms with Gasteiger partial charge in [-0.3, -0.25) is 4.79 Å². The minimum absolute atomic E-state index is 0.0688. The van der Waals surface area contributed by atoms with Gasteiger partial charge in [0.2, 0.25) is 10.0 Å². The van der Waals surface area contributed by atoms with Gasteiger partial charge in [-0.05, 0) is 36.4 Å². The molecule has 1 fully saturated rings. The number of nitrogens with one attached hydrogen (secondary N) is 1. The second kappa shape index (κ2) is 9.51. The number of ether oxygens (including phenoxy) is 2. The third-order valence-electron chi connectivity index (χ3n) is 4.01. The first-order chi connectivity index (χ1) is 13.8. The van der Waals surface area contributed by atoms with E-state index >= 15 is 0 Å². The van der Waals surface area contributed by atoms with E-state index in [-0.39, 0.29) is 35.3 Å². The van der Waals surface area contributed by atoms with Gasteiger partial charge in [0.25, 0.3) is 5.91 Å². The second-order valence-corrected chi connectivity index (χ2v) is 9.29. The van der Waals surface area contributed by atoms with Crippen molar-refractivity contribution in [3.63, 3.8) is 0 Å². The lowest BCUT2D eigenvalue weighted by Gasteiger charge is -2.26. The van der Waals surface area contributed by atoms with Crippen LogP contribution in [0.25, 0.3) is 0 Å².